The van der Waals surface area contributed by atoms with Gasteiger partial charge in [-0.25, -0.2) is 23.2 Å². The number of fused-ring (bicyclic) bond motifs is 1. The van der Waals surface area contributed by atoms with E-state index in [2.05, 4.69) is 9.97 Å². The van der Waals surface area contributed by atoms with Crippen LogP contribution < -0.4 is 4.74 Å². The Hall–Kier alpha value is -3.73. The number of H-pyrrole nitrogens is 1. The Morgan fingerprint density at radius 3 is 2.49 bits per heavy atom. The highest BCUT2D eigenvalue weighted by Gasteiger charge is 2.23. The second kappa shape index (κ2) is 10.4. The summed E-state index contributed by atoms with van der Waals surface area (Å²) in [6.45, 7) is 5.10. The van der Waals surface area contributed by atoms with Crippen molar-refractivity contribution in [2.45, 2.75) is 37.0 Å². The van der Waals surface area contributed by atoms with E-state index in [0.717, 1.165) is 16.9 Å². The van der Waals surface area contributed by atoms with Gasteiger partial charge in [0.1, 0.15) is 17.4 Å². The number of thiophene rings is 1. The first kappa shape index (κ1) is 26.9. The zero-order valence-electron chi connectivity index (χ0n) is 21.2. The number of ether oxygens (including phenoxy) is 1. The molecular weight excluding hydrogens is 558 g/mol. The number of sulfone groups is 1. The number of hydrogen-bond acceptors (Lipinski definition) is 7. The van der Waals surface area contributed by atoms with Crippen LogP contribution in [0, 0.1) is 0 Å². The largest absolute Gasteiger partial charge is 0.484 e. The fourth-order valence-corrected chi connectivity index (χ4v) is 6.40. The maximum absolute atomic E-state index is 12.5. The second-order valence-corrected chi connectivity index (χ2v) is 13.1. The highest BCUT2D eigenvalue weighted by molar-refractivity contribution is 7.92. The molecule has 5 rings (SSSR count). The molecule has 0 spiro atoms. The molecule has 0 saturated carbocycles. The summed E-state index contributed by atoms with van der Waals surface area (Å²) in [5.74, 6) is -0.869. The van der Waals surface area contributed by atoms with Gasteiger partial charge in [0.25, 0.3) is 0 Å². The third kappa shape index (κ3) is 5.15. The number of carboxylic acids is 1. The Kier molecular flexibility index (Phi) is 7.19. The number of carbonyl (C=O) groups is 1. The van der Waals surface area contributed by atoms with Crippen LogP contribution in [0.4, 0.5) is 0 Å². The van der Waals surface area contributed by atoms with E-state index in [4.69, 9.17) is 21.3 Å². The zero-order valence-corrected chi connectivity index (χ0v) is 23.6. The first-order valence-corrected chi connectivity index (χ1v) is 14.8. The van der Waals surface area contributed by atoms with Crippen LogP contribution in [0.15, 0.2) is 71.9 Å². The van der Waals surface area contributed by atoms with E-state index in [1.807, 2.05) is 25.1 Å². The topological polar surface area (TPSA) is 122 Å². The Labute approximate surface area is 234 Å². The Balaban J connectivity index is 1.51. The number of halogens is 1. The summed E-state index contributed by atoms with van der Waals surface area (Å²) in [6.07, 6.45) is 2.85. The van der Waals surface area contributed by atoms with Crippen LogP contribution in [0.5, 0.6) is 5.75 Å². The molecule has 0 aliphatic carbocycles. The van der Waals surface area contributed by atoms with E-state index in [0.29, 0.717) is 37.9 Å². The van der Waals surface area contributed by atoms with Crippen molar-refractivity contribution in [1.29, 1.82) is 0 Å². The molecule has 0 aliphatic rings. The molecule has 0 radical (unpaired) electrons. The molecule has 0 saturated heterocycles. The van der Waals surface area contributed by atoms with E-state index in [9.17, 15) is 18.3 Å². The smallest absolute Gasteiger partial charge is 0.349 e. The zero-order chi connectivity index (χ0) is 27.9. The summed E-state index contributed by atoms with van der Waals surface area (Å²) in [4.78, 5) is 25.3. The van der Waals surface area contributed by atoms with Crippen molar-refractivity contribution in [3.8, 4) is 27.4 Å². The Bertz CT molecular complexity index is 1790. The number of nitrogens with zero attached hydrogens (tertiary/aromatic N) is 2. The SMILES string of the molecule is CC(Oc1cc(-c2c[nH]c3ncc(-c4ccc(S(=O)(=O)C(C)C)cc4)nc23)sc1C(=O)O)c1ccccc1Cl. The fraction of sp³-hybridized carbons (Fsp3) is 0.179. The van der Waals surface area contributed by atoms with Gasteiger partial charge in [-0.05, 0) is 45.0 Å². The summed E-state index contributed by atoms with van der Waals surface area (Å²) < 4.78 is 31.0. The average Bonchev–Trinajstić information content (AvgIpc) is 3.52. The third-order valence-electron chi connectivity index (χ3n) is 6.28. The van der Waals surface area contributed by atoms with Gasteiger partial charge < -0.3 is 14.8 Å². The normalized spacial score (nSPS) is 12.6. The first-order chi connectivity index (χ1) is 18.6. The lowest BCUT2D eigenvalue weighted by Gasteiger charge is -2.15. The quantitative estimate of drug-likeness (QED) is 0.202. The minimum Gasteiger partial charge on any atom is -0.484 e. The molecule has 3 aromatic heterocycles. The van der Waals surface area contributed by atoms with Crippen LogP contribution >= 0.6 is 22.9 Å². The van der Waals surface area contributed by atoms with Crippen LogP contribution in [0.2, 0.25) is 5.02 Å². The number of hydrogen-bond donors (Lipinski definition) is 2. The van der Waals surface area contributed by atoms with E-state index in [1.165, 1.54) is 0 Å². The number of aromatic nitrogens is 3. The van der Waals surface area contributed by atoms with Crippen molar-refractivity contribution in [3.63, 3.8) is 0 Å². The minimum atomic E-state index is -3.39. The monoisotopic (exact) mass is 581 g/mol. The molecule has 200 valence electrons. The Morgan fingerprint density at radius 1 is 1.10 bits per heavy atom. The van der Waals surface area contributed by atoms with E-state index in [-0.39, 0.29) is 15.5 Å². The molecule has 2 N–H and O–H groups in total. The molecule has 0 fully saturated rings. The maximum atomic E-state index is 12.5. The van der Waals surface area contributed by atoms with E-state index >= 15 is 0 Å². The number of aromatic amines is 1. The lowest BCUT2D eigenvalue weighted by Crippen LogP contribution is -2.13. The minimum absolute atomic E-state index is 0.0596. The van der Waals surface area contributed by atoms with Gasteiger partial charge in [-0.2, -0.15) is 0 Å². The highest BCUT2D eigenvalue weighted by Crippen LogP contribution is 2.41. The molecule has 39 heavy (non-hydrogen) atoms. The summed E-state index contributed by atoms with van der Waals surface area (Å²) in [5.41, 5.74) is 3.76. The molecule has 1 unspecified atom stereocenters. The predicted molar refractivity (Wildman–Crippen MR) is 152 cm³/mol. The molecule has 8 nitrogen and oxygen atoms in total. The number of carboxylic acid groups (broad SMARTS) is 1. The molecular formula is C28H24ClN3O5S2. The van der Waals surface area contributed by atoms with Crippen molar-refractivity contribution in [2.24, 2.45) is 0 Å². The lowest BCUT2D eigenvalue weighted by molar-refractivity contribution is 0.0695. The van der Waals surface area contributed by atoms with Crippen molar-refractivity contribution in [3.05, 3.63) is 82.5 Å². The van der Waals surface area contributed by atoms with Gasteiger partial charge >= 0.3 is 5.97 Å². The van der Waals surface area contributed by atoms with Crippen molar-refractivity contribution in [1.82, 2.24) is 15.0 Å². The Morgan fingerprint density at radius 2 is 1.82 bits per heavy atom. The lowest BCUT2D eigenvalue weighted by atomic mass is 10.1. The number of nitrogens with one attached hydrogen (secondary N) is 1. The van der Waals surface area contributed by atoms with Crippen LogP contribution in [-0.4, -0.2) is 39.7 Å². The number of aromatic carboxylic acids is 1. The molecule has 0 bridgehead atoms. The fourth-order valence-electron chi connectivity index (χ4n) is 4.11. The van der Waals surface area contributed by atoms with Crippen molar-refractivity contribution >= 4 is 49.9 Å². The van der Waals surface area contributed by atoms with Crippen LogP contribution in [-0.2, 0) is 9.84 Å². The summed E-state index contributed by atoms with van der Waals surface area (Å²) in [7, 11) is -3.39. The third-order valence-corrected chi connectivity index (χ3v) is 9.94. The molecule has 0 aliphatic heterocycles. The molecule has 0 amide bonds. The van der Waals surface area contributed by atoms with E-state index < -0.39 is 27.2 Å². The van der Waals surface area contributed by atoms with Gasteiger partial charge in [0, 0.05) is 32.8 Å². The van der Waals surface area contributed by atoms with Crippen molar-refractivity contribution in [2.75, 3.05) is 0 Å². The maximum Gasteiger partial charge on any atom is 0.349 e. The number of benzene rings is 2. The highest BCUT2D eigenvalue weighted by atomic mass is 35.5. The van der Waals surface area contributed by atoms with Gasteiger partial charge in [-0.1, -0.05) is 41.9 Å². The first-order valence-electron chi connectivity index (χ1n) is 12.0. The second-order valence-electron chi connectivity index (χ2n) is 9.16. The summed E-state index contributed by atoms with van der Waals surface area (Å²) >= 11 is 7.39. The van der Waals surface area contributed by atoms with Crippen LogP contribution in [0.1, 0.15) is 42.1 Å². The number of rotatable bonds is 8. The van der Waals surface area contributed by atoms with Gasteiger partial charge in [-0.15, -0.1) is 11.3 Å². The van der Waals surface area contributed by atoms with E-state index in [1.54, 1.807) is 62.6 Å². The summed E-state index contributed by atoms with van der Waals surface area (Å²) in [6, 6.07) is 15.5. The summed E-state index contributed by atoms with van der Waals surface area (Å²) in [5, 5.41) is 9.87. The molecule has 11 heteroatoms. The van der Waals surface area contributed by atoms with Crippen molar-refractivity contribution < 1.29 is 23.1 Å². The van der Waals surface area contributed by atoms with Crippen LogP contribution in [0.25, 0.3) is 32.9 Å². The van der Waals surface area contributed by atoms with Crippen LogP contribution in [0.3, 0.4) is 0 Å². The average molecular weight is 582 g/mol. The van der Waals surface area contributed by atoms with Gasteiger partial charge in [-0.3, -0.25) is 0 Å². The van der Waals surface area contributed by atoms with Gasteiger partial charge in [0.05, 0.1) is 22.0 Å². The predicted octanol–water partition coefficient (Wildman–Crippen LogP) is 7.03. The van der Waals surface area contributed by atoms with Gasteiger partial charge in [0.15, 0.2) is 20.4 Å². The molecule has 1 atom stereocenters. The molecule has 2 aromatic carbocycles. The van der Waals surface area contributed by atoms with Gasteiger partial charge in [0.2, 0.25) is 0 Å². The standard InChI is InChI=1S/C28H24ClN3O5S2/c1-15(2)39(35,36)18-10-8-17(9-11-18)22-14-31-27-25(32-22)20(13-30-27)24-12-23(26(38-24)28(33)34)37-16(3)19-6-4-5-7-21(19)29/h4-16H,1-3H3,(H,30,31)(H,33,34). The molecule has 3 heterocycles. The molecule has 5 aromatic rings.